The van der Waals surface area contributed by atoms with Crippen LogP contribution in [0.2, 0.25) is 0 Å². The zero-order valence-electron chi connectivity index (χ0n) is 9.01. The number of carboxylic acid groups (broad SMARTS) is 1. The normalized spacial score (nSPS) is 10.1. The zero-order chi connectivity index (χ0) is 12.3. The van der Waals surface area contributed by atoms with Crippen molar-refractivity contribution in [1.29, 1.82) is 0 Å². The number of benzene rings is 1. The molecule has 0 radical (unpaired) electrons. The van der Waals surface area contributed by atoms with Gasteiger partial charge in [0.15, 0.2) is 0 Å². The van der Waals surface area contributed by atoms with Crippen LogP contribution in [0.25, 0.3) is 11.1 Å². The van der Waals surface area contributed by atoms with E-state index in [4.69, 9.17) is 5.11 Å². The number of hydrogen-bond donors (Lipinski definition) is 2. The Morgan fingerprint density at radius 1 is 1.18 bits per heavy atom. The van der Waals surface area contributed by atoms with E-state index in [1.165, 1.54) is 0 Å². The number of aromatic amines is 1. The molecule has 0 unspecified atom stereocenters. The van der Waals surface area contributed by atoms with Gasteiger partial charge in [-0.05, 0) is 17.2 Å². The fourth-order valence-corrected chi connectivity index (χ4v) is 1.62. The van der Waals surface area contributed by atoms with Gasteiger partial charge in [-0.3, -0.25) is 9.59 Å². The molecule has 0 saturated carbocycles. The first kappa shape index (κ1) is 11.1. The molecular formula is C13H11NO3. The topological polar surface area (TPSA) is 70.2 Å². The minimum absolute atomic E-state index is 0.263. The average Bonchev–Trinajstić information content (AvgIpc) is 2.32. The third-order valence-electron chi connectivity index (χ3n) is 2.43. The SMILES string of the molecule is O=C(O)Cc1cc(-c2ccccc2)c[nH]c1=O. The number of carbonyl (C=O) groups is 1. The Kier molecular flexibility index (Phi) is 3.05. The molecule has 0 atom stereocenters. The lowest BCUT2D eigenvalue weighted by atomic mass is 10.1. The predicted molar refractivity (Wildman–Crippen MR) is 63.8 cm³/mol. The number of pyridine rings is 1. The van der Waals surface area contributed by atoms with Gasteiger partial charge in [0.2, 0.25) is 0 Å². The molecule has 1 aromatic heterocycles. The molecule has 0 spiro atoms. The van der Waals surface area contributed by atoms with Crippen molar-refractivity contribution in [1.82, 2.24) is 4.98 Å². The molecule has 0 fully saturated rings. The largest absolute Gasteiger partial charge is 0.481 e. The van der Waals surface area contributed by atoms with Crippen molar-refractivity contribution < 1.29 is 9.90 Å². The summed E-state index contributed by atoms with van der Waals surface area (Å²) < 4.78 is 0. The molecule has 0 aliphatic rings. The van der Waals surface area contributed by atoms with Crippen LogP contribution in [0, 0.1) is 0 Å². The maximum atomic E-state index is 11.4. The number of hydrogen-bond acceptors (Lipinski definition) is 2. The second kappa shape index (κ2) is 4.65. The summed E-state index contributed by atoms with van der Waals surface area (Å²) in [6.45, 7) is 0. The Hall–Kier alpha value is -2.36. The number of nitrogens with one attached hydrogen (secondary N) is 1. The molecule has 2 aromatic rings. The number of rotatable bonds is 3. The van der Waals surface area contributed by atoms with Crippen LogP contribution in [-0.4, -0.2) is 16.1 Å². The van der Waals surface area contributed by atoms with Gasteiger partial charge < -0.3 is 10.1 Å². The molecule has 17 heavy (non-hydrogen) atoms. The van der Waals surface area contributed by atoms with Crippen LogP contribution >= 0.6 is 0 Å². The highest BCUT2D eigenvalue weighted by Gasteiger charge is 2.07. The minimum atomic E-state index is -1.01. The molecule has 0 aliphatic carbocycles. The number of aromatic nitrogens is 1. The molecule has 1 heterocycles. The third-order valence-corrected chi connectivity index (χ3v) is 2.43. The first-order chi connectivity index (χ1) is 8.16. The summed E-state index contributed by atoms with van der Waals surface area (Å²) in [6.07, 6.45) is 1.32. The van der Waals surface area contributed by atoms with E-state index in [2.05, 4.69) is 4.98 Å². The van der Waals surface area contributed by atoms with Crippen LogP contribution in [0.5, 0.6) is 0 Å². The molecule has 4 heteroatoms. The van der Waals surface area contributed by atoms with Gasteiger partial charge >= 0.3 is 5.97 Å². The Bertz CT molecular complexity index is 587. The monoisotopic (exact) mass is 229 g/mol. The summed E-state index contributed by atoms with van der Waals surface area (Å²) in [7, 11) is 0. The van der Waals surface area contributed by atoms with Gasteiger partial charge in [-0.1, -0.05) is 30.3 Å². The van der Waals surface area contributed by atoms with Crippen molar-refractivity contribution >= 4 is 5.97 Å². The second-order valence-corrected chi connectivity index (χ2v) is 3.68. The van der Waals surface area contributed by atoms with Crippen LogP contribution in [-0.2, 0) is 11.2 Å². The van der Waals surface area contributed by atoms with E-state index in [0.717, 1.165) is 11.1 Å². The molecule has 0 aliphatic heterocycles. The van der Waals surface area contributed by atoms with E-state index in [9.17, 15) is 9.59 Å². The quantitative estimate of drug-likeness (QED) is 0.841. The van der Waals surface area contributed by atoms with Gasteiger partial charge in [-0.2, -0.15) is 0 Å². The van der Waals surface area contributed by atoms with Crippen molar-refractivity contribution in [3.63, 3.8) is 0 Å². The molecule has 1 aromatic carbocycles. The Morgan fingerprint density at radius 3 is 2.53 bits per heavy atom. The second-order valence-electron chi connectivity index (χ2n) is 3.68. The maximum absolute atomic E-state index is 11.4. The Labute approximate surface area is 97.6 Å². The van der Waals surface area contributed by atoms with Crippen LogP contribution in [0.1, 0.15) is 5.56 Å². The van der Waals surface area contributed by atoms with Gasteiger partial charge in [0, 0.05) is 11.8 Å². The highest BCUT2D eigenvalue weighted by molar-refractivity contribution is 5.71. The average molecular weight is 229 g/mol. The molecule has 2 N–H and O–H groups in total. The fourth-order valence-electron chi connectivity index (χ4n) is 1.62. The molecular weight excluding hydrogens is 218 g/mol. The maximum Gasteiger partial charge on any atom is 0.308 e. The van der Waals surface area contributed by atoms with E-state index >= 15 is 0 Å². The number of H-pyrrole nitrogens is 1. The minimum Gasteiger partial charge on any atom is -0.481 e. The van der Waals surface area contributed by atoms with Crippen molar-refractivity contribution in [3.8, 4) is 11.1 Å². The summed E-state index contributed by atoms with van der Waals surface area (Å²) in [5, 5.41) is 8.70. The Morgan fingerprint density at radius 2 is 1.88 bits per heavy atom. The van der Waals surface area contributed by atoms with Crippen molar-refractivity contribution in [3.05, 3.63) is 58.5 Å². The molecule has 86 valence electrons. The molecule has 0 amide bonds. The first-order valence-electron chi connectivity index (χ1n) is 5.15. The lowest BCUT2D eigenvalue weighted by molar-refractivity contribution is -0.136. The van der Waals surface area contributed by atoms with Crippen molar-refractivity contribution in [2.75, 3.05) is 0 Å². The van der Waals surface area contributed by atoms with Crippen LogP contribution in [0.4, 0.5) is 0 Å². The Balaban J connectivity index is 2.44. The van der Waals surface area contributed by atoms with Gasteiger partial charge in [0.1, 0.15) is 0 Å². The lowest BCUT2D eigenvalue weighted by Gasteiger charge is -2.03. The van der Waals surface area contributed by atoms with Crippen LogP contribution < -0.4 is 5.56 Å². The first-order valence-corrected chi connectivity index (χ1v) is 5.15. The summed E-state index contributed by atoms with van der Waals surface area (Å²) in [5.41, 5.74) is 1.66. The summed E-state index contributed by atoms with van der Waals surface area (Å²) in [6, 6.07) is 11.1. The van der Waals surface area contributed by atoms with Crippen molar-refractivity contribution in [2.24, 2.45) is 0 Å². The standard InChI is InChI=1S/C13H11NO3/c15-12(16)7-10-6-11(8-14-13(10)17)9-4-2-1-3-5-9/h1-6,8H,7H2,(H,14,17)(H,15,16). The van der Waals surface area contributed by atoms with E-state index in [-0.39, 0.29) is 17.5 Å². The zero-order valence-corrected chi connectivity index (χ0v) is 9.01. The number of aliphatic carboxylic acids is 1. The predicted octanol–water partition coefficient (Wildman–Crippen LogP) is 1.67. The van der Waals surface area contributed by atoms with E-state index < -0.39 is 5.97 Å². The lowest BCUT2D eigenvalue weighted by Crippen LogP contribution is -2.15. The summed E-state index contributed by atoms with van der Waals surface area (Å²) in [5.74, 6) is -1.01. The van der Waals surface area contributed by atoms with Crippen LogP contribution in [0.3, 0.4) is 0 Å². The van der Waals surface area contributed by atoms with Gasteiger partial charge in [-0.25, -0.2) is 0 Å². The van der Waals surface area contributed by atoms with Gasteiger partial charge in [-0.15, -0.1) is 0 Å². The highest BCUT2D eigenvalue weighted by Crippen LogP contribution is 2.17. The van der Waals surface area contributed by atoms with Gasteiger partial charge in [0.25, 0.3) is 5.56 Å². The molecule has 2 rings (SSSR count). The van der Waals surface area contributed by atoms with Gasteiger partial charge in [0.05, 0.1) is 6.42 Å². The molecule has 4 nitrogen and oxygen atoms in total. The third kappa shape index (κ3) is 2.60. The van der Waals surface area contributed by atoms with Crippen LogP contribution in [0.15, 0.2) is 47.4 Å². The summed E-state index contributed by atoms with van der Waals surface area (Å²) in [4.78, 5) is 24.6. The fraction of sp³-hybridized carbons (Fsp3) is 0.0769. The molecule has 0 bridgehead atoms. The van der Waals surface area contributed by atoms with E-state index in [1.54, 1.807) is 12.3 Å². The van der Waals surface area contributed by atoms with E-state index in [1.807, 2.05) is 30.3 Å². The smallest absolute Gasteiger partial charge is 0.308 e. The number of carboxylic acids is 1. The van der Waals surface area contributed by atoms with E-state index in [0.29, 0.717) is 0 Å². The van der Waals surface area contributed by atoms with Crippen molar-refractivity contribution in [2.45, 2.75) is 6.42 Å². The molecule has 0 saturated heterocycles. The summed E-state index contributed by atoms with van der Waals surface area (Å²) >= 11 is 0. The highest BCUT2D eigenvalue weighted by atomic mass is 16.4.